The molecule has 0 spiro atoms. The van der Waals surface area contributed by atoms with E-state index in [-0.39, 0.29) is 0 Å². The van der Waals surface area contributed by atoms with Crippen LogP contribution in [-0.4, -0.2) is 9.78 Å². The summed E-state index contributed by atoms with van der Waals surface area (Å²) in [5, 5.41) is 4.21. The average molecular weight is 189 g/mol. The Balaban J connectivity index is 2.00. The van der Waals surface area contributed by atoms with Crippen molar-refractivity contribution < 1.29 is 0 Å². The molecule has 1 heterocycles. The third-order valence-corrected chi connectivity index (χ3v) is 3.64. The summed E-state index contributed by atoms with van der Waals surface area (Å²) in [6.45, 7) is 0. The Morgan fingerprint density at radius 1 is 1.43 bits per heavy atom. The Morgan fingerprint density at radius 2 is 2.29 bits per heavy atom. The van der Waals surface area contributed by atoms with Crippen molar-refractivity contribution in [3.05, 3.63) is 24.0 Å². The molecule has 0 aliphatic heterocycles. The van der Waals surface area contributed by atoms with Crippen molar-refractivity contribution in [1.82, 2.24) is 9.78 Å². The number of anilines is 1. The number of hydrogen-bond acceptors (Lipinski definition) is 2. The van der Waals surface area contributed by atoms with Crippen LogP contribution in [0.2, 0.25) is 0 Å². The first-order valence-corrected chi connectivity index (χ1v) is 5.21. The molecule has 3 heteroatoms. The first-order valence-electron chi connectivity index (χ1n) is 5.21. The monoisotopic (exact) mass is 189 g/mol. The van der Waals surface area contributed by atoms with Crippen LogP contribution in [0.15, 0.2) is 18.3 Å². The zero-order chi connectivity index (χ0) is 9.71. The van der Waals surface area contributed by atoms with Gasteiger partial charge in [-0.3, -0.25) is 4.68 Å². The van der Waals surface area contributed by atoms with E-state index < -0.39 is 0 Å². The number of aromatic nitrogens is 2. The number of hydrogen-bond donors (Lipinski definition) is 1. The minimum Gasteiger partial charge on any atom is -0.396 e. The SMILES string of the molecule is Cn1ncc(N)c1C1CC2C=CC1C2. The summed E-state index contributed by atoms with van der Waals surface area (Å²) in [7, 11) is 1.99. The third-order valence-electron chi connectivity index (χ3n) is 3.64. The molecule has 2 aliphatic carbocycles. The van der Waals surface area contributed by atoms with Crippen LogP contribution in [-0.2, 0) is 7.05 Å². The second-order valence-electron chi connectivity index (χ2n) is 4.50. The molecule has 1 aromatic rings. The standard InChI is InChI=1S/C11H15N3/c1-14-11(10(12)6-13-14)9-5-7-2-3-8(9)4-7/h2-3,6-9H,4-5,12H2,1H3. The molecule has 0 radical (unpaired) electrons. The fraction of sp³-hybridized carbons (Fsp3) is 0.545. The van der Waals surface area contributed by atoms with E-state index in [1.807, 2.05) is 11.7 Å². The van der Waals surface area contributed by atoms with E-state index in [9.17, 15) is 0 Å². The maximum atomic E-state index is 5.95. The van der Waals surface area contributed by atoms with Gasteiger partial charge in [0.15, 0.2) is 0 Å². The van der Waals surface area contributed by atoms with E-state index >= 15 is 0 Å². The van der Waals surface area contributed by atoms with Gasteiger partial charge in [0.25, 0.3) is 0 Å². The van der Waals surface area contributed by atoms with Crippen LogP contribution >= 0.6 is 0 Å². The van der Waals surface area contributed by atoms with Gasteiger partial charge in [-0.2, -0.15) is 5.10 Å². The highest BCUT2D eigenvalue weighted by Gasteiger charge is 2.38. The van der Waals surface area contributed by atoms with Crippen molar-refractivity contribution in [2.24, 2.45) is 18.9 Å². The quantitative estimate of drug-likeness (QED) is 0.683. The fourth-order valence-corrected chi connectivity index (χ4v) is 3.01. The molecule has 2 N–H and O–H groups in total. The Morgan fingerprint density at radius 3 is 2.79 bits per heavy atom. The molecule has 3 atom stereocenters. The second-order valence-corrected chi connectivity index (χ2v) is 4.50. The fourth-order valence-electron chi connectivity index (χ4n) is 3.01. The van der Waals surface area contributed by atoms with Crippen LogP contribution in [0.5, 0.6) is 0 Å². The average Bonchev–Trinajstić information content (AvgIpc) is 2.81. The summed E-state index contributed by atoms with van der Waals surface area (Å²) in [5.74, 6) is 2.11. The summed E-state index contributed by atoms with van der Waals surface area (Å²) in [5.41, 5.74) is 8.04. The van der Waals surface area contributed by atoms with Crippen LogP contribution in [0.1, 0.15) is 24.5 Å². The summed E-state index contributed by atoms with van der Waals surface area (Å²) < 4.78 is 1.94. The Bertz CT molecular complexity index is 372. The van der Waals surface area contributed by atoms with E-state index in [2.05, 4.69) is 17.3 Å². The predicted octanol–water partition coefficient (Wildman–Crippen LogP) is 1.68. The number of fused-ring (bicyclic) bond motifs is 2. The highest BCUT2D eigenvalue weighted by Crippen LogP contribution is 2.49. The molecule has 2 bridgehead atoms. The molecule has 0 amide bonds. The first kappa shape index (κ1) is 8.09. The number of nitrogens with zero attached hydrogens (tertiary/aromatic N) is 2. The number of aryl methyl sites for hydroxylation is 1. The molecule has 2 aliphatic rings. The van der Waals surface area contributed by atoms with Crippen LogP contribution in [0.25, 0.3) is 0 Å². The Labute approximate surface area is 83.6 Å². The molecule has 1 saturated carbocycles. The molecular weight excluding hydrogens is 174 g/mol. The zero-order valence-corrected chi connectivity index (χ0v) is 8.35. The zero-order valence-electron chi connectivity index (χ0n) is 8.35. The van der Waals surface area contributed by atoms with Gasteiger partial charge in [0.1, 0.15) is 0 Å². The maximum Gasteiger partial charge on any atom is 0.0736 e. The smallest absolute Gasteiger partial charge is 0.0736 e. The largest absolute Gasteiger partial charge is 0.396 e. The van der Waals surface area contributed by atoms with Crippen molar-refractivity contribution in [3.63, 3.8) is 0 Å². The molecule has 3 nitrogen and oxygen atoms in total. The maximum absolute atomic E-state index is 5.95. The van der Waals surface area contributed by atoms with Gasteiger partial charge in [-0.15, -0.1) is 0 Å². The lowest BCUT2D eigenvalue weighted by molar-refractivity contribution is 0.535. The Kier molecular flexibility index (Phi) is 1.52. The van der Waals surface area contributed by atoms with Gasteiger partial charge in [0, 0.05) is 13.0 Å². The van der Waals surface area contributed by atoms with Gasteiger partial charge in [-0.1, -0.05) is 12.2 Å². The molecule has 1 aromatic heterocycles. The van der Waals surface area contributed by atoms with E-state index in [1.54, 1.807) is 6.20 Å². The summed E-state index contributed by atoms with van der Waals surface area (Å²) in [6.07, 6.45) is 9.05. The summed E-state index contributed by atoms with van der Waals surface area (Å²) in [4.78, 5) is 0. The van der Waals surface area contributed by atoms with Crippen LogP contribution < -0.4 is 5.73 Å². The van der Waals surface area contributed by atoms with Gasteiger partial charge < -0.3 is 5.73 Å². The minimum absolute atomic E-state index is 0.609. The molecule has 3 unspecified atom stereocenters. The highest BCUT2D eigenvalue weighted by atomic mass is 15.3. The summed E-state index contributed by atoms with van der Waals surface area (Å²) >= 11 is 0. The normalized spacial score (nSPS) is 34.2. The lowest BCUT2D eigenvalue weighted by Gasteiger charge is -2.18. The molecule has 14 heavy (non-hydrogen) atoms. The molecular formula is C11H15N3. The number of nitrogens with two attached hydrogens (primary N) is 1. The number of allylic oxidation sites excluding steroid dienone is 2. The van der Waals surface area contributed by atoms with Gasteiger partial charge in [-0.05, 0) is 24.7 Å². The molecule has 3 rings (SSSR count). The molecule has 0 aromatic carbocycles. The third kappa shape index (κ3) is 0.953. The van der Waals surface area contributed by atoms with Crippen molar-refractivity contribution in [2.45, 2.75) is 18.8 Å². The summed E-state index contributed by atoms with van der Waals surface area (Å²) in [6, 6.07) is 0. The van der Waals surface area contributed by atoms with E-state index in [4.69, 9.17) is 5.73 Å². The molecule has 1 fully saturated rings. The van der Waals surface area contributed by atoms with E-state index in [0.29, 0.717) is 11.8 Å². The topological polar surface area (TPSA) is 43.8 Å². The van der Waals surface area contributed by atoms with Crippen molar-refractivity contribution in [3.8, 4) is 0 Å². The van der Waals surface area contributed by atoms with Crippen LogP contribution in [0.3, 0.4) is 0 Å². The lowest BCUT2D eigenvalue weighted by atomic mass is 9.90. The Hall–Kier alpha value is -1.25. The van der Waals surface area contributed by atoms with Gasteiger partial charge in [0.2, 0.25) is 0 Å². The van der Waals surface area contributed by atoms with Crippen molar-refractivity contribution in [1.29, 1.82) is 0 Å². The first-order chi connectivity index (χ1) is 6.75. The van der Waals surface area contributed by atoms with E-state index in [0.717, 1.165) is 11.6 Å². The van der Waals surface area contributed by atoms with Crippen molar-refractivity contribution >= 4 is 5.69 Å². The van der Waals surface area contributed by atoms with Crippen LogP contribution in [0, 0.1) is 11.8 Å². The lowest BCUT2D eigenvalue weighted by Crippen LogP contribution is -2.12. The van der Waals surface area contributed by atoms with Gasteiger partial charge in [-0.25, -0.2) is 0 Å². The predicted molar refractivity (Wildman–Crippen MR) is 55.7 cm³/mol. The number of nitrogen functional groups attached to an aromatic ring is 1. The van der Waals surface area contributed by atoms with E-state index in [1.165, 1.54) is 18.5 Å². The van der Waals surface area contributed by atoms with Crippen molar-refractivity contribution in [2.75, 3.05) is 5.73 Å². The van der Waals surface area contributed by atoms with Gasteiger partial charge in [0.05, 0.1) is 17.6 Å². The highest BCUT2D eigenvalue weighted by molar-refractivity contribution is 5.45. The minimum atomic E-state index is 0.609. The number of rotatable bonds is 1. The molecule has 74 valence electrons. The second kappa shape index (κ2) is 2.62. The van der Waals surface area contributed by atoms with Crippen LogP contribution in [0.4, 0.5) is 5.69 Å². The van der Waals surface area contributed by atoms with Gasteiger partial charge >= 0.3 is 0 Å². The molecule has 0 saturated heterocycles.